The van der Waals surface area contributed by atoms with Crippen molar-refractivity contribution in [3.05, 3.63) is 39.7 Å². The molecule has 5 nitrogen and oxygen atoms in total. The van der Waals surface area contributed by atoms with E-state index in [9.17, 15) is 0 Å². The molecule has 0 amide bonds. The highest BCUT2D eigenvalue weighted by Crippen LogP contribution is 2.15. The van der Waals surface area contributed by atoms with E-state index in [0.29, 0.717) is 6.54 Å². The molecular weight excluding hydrogens is 272 g/mol. The molecule has 0 saturated heterocycles. The van der Waals surface area contributed by atoms with Crippen LogP contribution in [0.5, 0.6) is 0 Å². The number of rotatable bonds is 4. The minimum absolute atomic E-state index is 0.0629. The fourth-order valence-electron chi connectivity index (χ4n) is 1.80. The second-order valence-electron chi connectivity index (χ2n) is 4.60. The van der Waals surface area contributed by atoms with E-state index in [1.165, 1.54) is 4.88 Å². The molecule has 0 aliphatic carbocycles. The van der Waals surface area contributed by atoms with Gasteiger partial charge in [0.25, 0.3) is 0 Å². The van der Waals surface area contributed by atoms with Gasteiger partial charge in [0.15, 0.2) is 5.96 Å². The van der Waals surface area contributed by atoms with Crippen LogP contribution in [0.25, 0.3) is 0 Å². The summed E-state index contributed by atoms with van der Waals surface area (Å²) in [5, 5.41) is 7.60. The quantitative estimate of drug-likeness (QED) is 0.672. The largest absolute Gasteiger partial charge is 0.464 e. The highest BCUT2D eigenvalue weighted by Gasteiger charge is 2.11. The van der Waals surface area contributed by atoms with Crippen LogP contribution in [0.1, 0.15) is 34.4 Å². The van der Waals surface area contributed by atoms with Gasteiger partial charge in [-0.05, 0) is 32.9 Å². The fraction of sp³-hybridized carbons (Fsp3) is 0.429. The zero-order valence-electron chi connectivity index (χ0n) is 12.2. The van der Waals surface area contributed by atoms with Gasteiger partial charge in [0.2, 0.25) is 0 Å². The van der Waals surface area contributed by atoms with Crippen molar-refractivity contribution in [1.82, 2.24) is 15.6 Å². The molecule has 0 spiro atoms. The third-order valence-electron chi connectivity index (χ3n) is 2.84. The lowest BCUT2D eigenvalue weighted by Gasteiger charge is -2.15. The Morgan fingerprint density at radius 3 is 2.80 bits per heavy atom. The maximum atomic E-state index is 5.60. The predicted molar refractivity (Wildman–Crippen MR) is 82.0 cm³/mol. The summed E-state index contributed by atoms with van der Waals surface area (Å²) < 4.78 is 5.60. The first-order valence-corrected chi connectivity index (χ1v) is 7.35. The number of furan rings is 1. The molecule has 2 N–H and O–H groups in total. The lowest BCUT2D eigenvalue weighted by atomic mass is 10.2. The molecule has 0 aliphatic rings. The van der Waals surface area contributed by atoms with Crippen LogP contribution in [0.2, 0.25) is 0 Å². The molecule has 0 saturated carbocycles. The molecule has 0 aromatic carbocycles. The van der Waals surface area contributed by atoms with Crippen molar-refractivity contribution in [2.45, 2.75) is 33.4 Å². The number of guanidine groups is 1. The van der Waals surface area contributed by atoms with Crippen LogP contribution in [0.3, 0.4) is 0 Å². The van der Waals surface area contributed by atoms with Crippen molar-refractivity contribution >= 4 is 17.3 Å². The van der Waals surface area contributed by atoms with Crippen molar-refractivity contribution in [2.75, 3.05) is 7.05 Å². The van der Waals surface area contributed by atoms with Crippen LogP contribution in [0.4, 0.5) is 0 Å². The van der Waals surface area contributed by atoms with Gasteiger partial charge < -0.3 is 15.1 Å². The van der Waals surface area contributed by atoms with Crippen LogP contribution in [0.15, 0.2) is 27.7 Å². The van der Waals surface area contributed by atoms with Gasteiger partial charge in [-0.15, -0.1) is 11.3 Å². The van der Waals surface area contributed by atoms with E-state index >= 15 is 0 Å². The van der Waals surface area contributed by atoms with Crippen LogP contribution >= 0.6 is 11.3 Å². The summed E-state index contributed by atoms with van der Waals surface area (Å²) in [7, 11) is 1.75. The summed E-state index contributed by atoms with van der Waals surface area (Å²) >= 11 is 1.68. The summed E-state index contributed by atoms with van der Waals surface area (Å²) in [6, 6.07) is 4.00. The molecule has 2 heterocycles. The van der Waals surface area contributed by atoms with Gasteiger partial charge in [-0.2, -0.15) is 0 Å². The maximum absolute atomic E-state index is 5.60. The lowest BCUT2D eigenvalue weighted by Crippen LogP contribution is -2.38. The third-order valence-corrected chi connectivity index (χ3v) is 3.75. The Bertz CT molecular complexity index is 588. The smallest absolute Gasteiger partial charge is 0.191 e. The molecule has 0 bridgehead atoms. The summed E-state index contributed by atoms with van der Waals surface area (Å²) in [5.74, 6) is 2.55. The van der Waals surface area contributed by atoms with Crippen molar-refractivity contribution in [1.29, 1.82) is 0 Å². The molecule has 20 heavy (non-hydrogen) atoms. The second-order valence-corrected chi connectivity index (χ2v) is 5.92. The van der Waals surface area contributed by atoms with Gasteiger partial charge in [0.1, 0.15) is 16.5 Å². The van der Waals surface area contributed by atoms with E-state index < -0.39 is 0 Å². The number of aliphatic imine (C=N–C) groups is 1. The minimum atomic E-state index is 0.0629. The Morgan fingerprint density at radius 1 is 1.45 bits per heavy atom. The van der Waals surface area contributed by atoms with Gasteiger partial charge in [0.05, 0.1) is 12.6 Å². The van der Waals surface area contributed by atoms with Gasteiger partial charge >= 0.3 is 0 Å². The first-order chi connectivity index (χ1) is 9.58. The van der Waals surface area contributed by atoms with Crippen LogP contribution in [0, 0.1) is 13.8 Å². The zero-order chi connectivity index (χ0) is 14.5. The molecule has 1 atom stereocenters. The zero-order valence-corrected chi connectivity index (χ0v) is 13.0. The van der Waals surface area contributed by atoms with E-state index in [2.05, 4.69) is 27.5 Å². The standard InChI is InChI=1S/C14H20N4OS/c1-9-5-6-12(19-9)11(3)18-14(15-4)17-8-13-16-7-10(2)20-13/h5-7,11H,8H2,1-4H3,(H2,15,17,18). The van der Waals surface area contributed by atoms with E-state index in [-0.39, 0.29) is 6.04 Å². The lowest BCUT2D eigenvalue weighted by molar-refractivity contribution is 0.441. The van der Waals surface area contributed by atoms with E-state index in [4.69, 9.17) is 4.42 Å². The molecule has 2 rings (SSSR count). The average Bonchev–Trinajstić information content (AvgIpc) is 3.03. The van der Waals surface area contributed by atoms with Crippen molar-refractivity contribution in [2.24, 2.45) is 4.99 Å². The molecular formula is C14H20N4OS. The molecule has 6 heteroatoms. The Balaban J connectivity index is 1.89. The Hall–Kier alpha value is -1.82. The first kappa shape index (κ1) is 14.6. The third kappa shape index (κ3) is 3.84. The van der Waals surface area contributed by atoms with E-state index in [0.717, 1.165) is 22.5 Å². The molecule has 2 aromatic rings. The number of hydrogen-bond donors (Lipinski definition) is 2. The number of hydrogen-bond acceptors (Lipinski definition) is 4. The first-order valence-electron chi connectivity index (χ1n) is 6.53. The summed E-state index contributed by atoms with van der Waals surface area (Å²) in [5.41, 5.74) is 0. The topological polar surface area (TPSA) is 62.5 Å². The summed E-state index contributed by atoms with van der Waals surface area (Å²) in [6.45, 7) is 6.70. The molecule has 0 fully saturated rings. The average molecular weight is 292 g/mol. The summed E-state index contributed by atoms with van der Waals surface area (Å²) in [6.07, 6.45) is 1.88. The van der Waals surface area contributed by atoms with Crippen molar-refractivity contribution in [3.8, 4) is 0 Å². The number of aryl methyl sites for hydroxylation is 2. The van der Waals surface area contributed by atoms with Crippen LogP contribution in [-0.2, 0) is 6.54 Å². The van der Waals surface area contributed by atoms with Crippen molar-refractivity contribution in [3.63, 3.8) is 0 Å². The van der Waals surface area contributed by atoms with Gasteiger partial charge in [-0.1, -0.05) is 0 Å². The molecule has 2 aromatic heterocycles. The van der Waals surface area contributed by atoms with Gasteiger partial charge in [-0.3, -0.25) is 4.99 Å². The monoisotopic (exact) mass is 292 g/mol. The van der Waals surface area contributed by atoms with Crippen molar-refractivity contribution < 1.29 is 4.42 Å². The maximum Gasteiger partial charge on any atom is 0.191 e. The Labute approximate surface area is 123 Å². The van der Waals surface area contributed by atoms with Crippen LogP contribution < -0.4 is 10.6 Å². The highest BCUT2D eigenvalue weighted by atomic mass is 32.1. The molecule has 1 unspecified atom stereocenters. The normalized spacial score (nSPS) is 13.3. The van der Waals surface area contributed by atoms with Gasteiger partial charge in [0, 0.05) is 18.1 Å². The summed E-state index contributed by atoms with van der Waals surface area (Å²) in [4.78, 5) is 9.74. The Kier molecular flexibility index (Phi) is 4.79. The number of thiazole rings is 1. The number of aromatic nitrogens is 1. The SMILES string of the molecule is CN=C(NCc1ncc(C)s1)NC(C)c1ccc(C)o1. The fourth-order valence-corrected chi connectivity index (χ4v) is 2.53. The van der Waals surface area contributed by atoms with Crippen LogP contribution in [-0.4, -0.2) is 18.0 Å². The number of nitrogens with one attached hydrogen (secondary N) is 2. The van der Waals surface area contributed by atoms with E-state index in [1.807, 2.05) is 32.2 Å². The molecule has 0 aliphatic heterocycles. The number of nitrogens with zero attached hydrogens (tertiary/aromatic N) is 2. The predicted octanol–water partition coefficient (Wildman–Crippen LogP) is 2.78. The molecule has 108 valence electrons. The Morgan fingerprint density at radius 2 is 2.25 bits per heavy atom. The minimum Gasteiger partial charge on any atom is -0.464 e. The van der Waals surface area contributed by atoms with E-state index in [1.54, 1.807) is 18.4 Å². The molecule has 0 radical (unpaired) electrons. The second kappa shape index (κ2) is 6.56. The highest BCUT2D eigenvalue weighted by molar-refractivity contribution is 7.11. The van der Waals surface area contributed by atoms with Gasteiger partial charge in [-0.25, -0.2) is 4.98 Å².